The number of unbranched alkanes of at least 4 members (excludes halogenated alkanes) is 3. The van der Waals surface area contributed by atoms with Gasteiger partial charge in [0.1, 0.15) is 11.9 Å². The van der Waals surface area contributed by atoms with Crippen molar-refractivity contribution in [3.05, 3.63) is 24.3 Å². The molecule has 0 unspecified atom stereocenters. The molecular formula is C15H21NO3. The molecule has 104 valence electrons. The number of benzene rings is 1. The third-order valence-corrected chi connectivity index (χ3v) is 3.42. The molecule has 1 N–H and O–H groups in total. The molecule has 1 atom stereocenters. The Balaban J connectivity index is 1.87. The van der Waals surface area contributed by atoms with Gasteiger partial charge in [0.15, 0.2) is 0 Å². The standard InChI is InChI=1S/C15H21NO3/c1-2-3-4-5-6-14-11-16(15(18)19-14)12-7-9-13(17)10-8-12/h7-10,14,17H,2-6,11H2,1H3/t14-/m1/s1. The van der Waals surface area contributed by atoms with Crippen LogP contribution in [0.25, 0.3) is 0 Å². The van der Waals surface area contributed by atoms with E-state index in [1.165, 1.54) is 19.3 Å². The summed E-state index contributed by atoms with van der Waals surface area (Å²) in [5.41, 5.74) is 0.777. The van der Waals surface area contributed by atoms with Crippen LogP contribution in [0.1, 0.15) is 39.0 Å². The SMILES string of the molecule is CCCCCC[C@@H]1CN(c2ccc(O)cc2)C(=O)O1. The van der Waals surface area contributed by atoms with Gasteiger partial charge in [-0.25, -0.2) is 4.79 Å². The zero-order valence-electron chi connectivity index (χ0n) is 11.3. The topological polar surface area (TPSA) is 49.8 Å². The number of hydrogen-bond donors (Lipinski definition) is 1. The maximum Gasteiger partial charge on any atom is 0.414 e. The fourth-order valence-corrected chi connectivity index (χ4v) is 2.31. The molecule has 1 amide bonds. The van der Waals surface area contributed by atoms with Crippen LogP contribution in [0, 0.1) is 0 Å². The van der Waals surface area contributed by atoms with Gasteiger partial charge in [-0.05, 0) is 37.1 Å². The number of ether oxygens (including phenoxy) is 1. The van der Waals surface area contributed by atoms with Crippen molar-refractivity contribution in [1.29, 1.82) is 0 Å². The van der Waals surface area contributed by atoms with Gasteiger partial charge in [0.2, 0.25) is 0 Å². The summed E-state index contributed by atoms with van der Waals surface area (Å²) < 4.78 is 5.36. The largest absolute Gasteiger partial charge is 0.508 e. The van der Waals surface area contributed by atoms with Crippen LogP contribution in [0.5, 0.6) is 5.75 Å². The van der Waals surface area contributed by atoms with Crippen molar-refractivity contribution in [2.45, 2.75) is 45.1 Å². The minimum atomic E-state index is -0.286. The number of rotatable bonds is 6. The second-order valence-electron chi connectivity index (χ2n) is 4.98. The van der Waals surface area contributed by atoms with Gasteiger partial charge in [-0.3, -0.25) is 4.90 Å². The Labute approximate surface area is 114 Å². The lowest BCUT2D eigenvalue weighted by atomic mass is 10.1. The predicted molar refractivity (Wildman–Crippen MR) is 74.5 cm³/mol. The number of anilines is 1. The summed E-state index contributed by atoms with van der Waals surface area (Å²) in [6.45, 7) is 2.79. The van der Waals surface area contributed by atoms with Crippen LogP contribution < -0.4 is 4.90 Å². The van der Waals surface area contributed by atoms with Gasteiger partial charge >= 0.3 is 6.09 Å². The highest BCUT2D eigenvalue weighted by Gasteiger charge is 2.31. The number of hydrogen-bond acceptors (Lipinski definition) is 3. The normalized spacial score (nSPS) is 18.7. The van der Waals surface area contributed by atoms with Gasteiger partial charge in [0.25, 0.3) is 0 Å². The quantitative estimate of drug-likeness (QED) is 0.796. The van der Waals surface area contributed by atoms with Gasteiger partial charge in [-0.2, -0.15) is 0 Å². The van der Waals surface area contributed by atoms with E-state index >= 15 is 0 Å². The molecule has 19 heavy (non-hydrogen) atoms. The molecule has 0 bridgehead atoms. The Hall–Kier alpha value is -1.71. The number of aromatic hydroxyl groups is 1. The summed E-state index contributed by atoms with van der Waals surface area (Å²) in [4.78, 5) is 13.4. The highest BCUT2D eigenvalue weighted by Crippen LogP contribution is 2.25. The van der Waals surface area contributed by atoms with Crippen LogP contribution in [0.3, 0.4) is 0 Å². The van der Waals surface area contributed by atoms with E-state index in [0.29, 0.717) is 6.54 Å². The third kappa shape index (κ3) is 3.63. The van der Waals surface area contributed by atoms with E-state index in [1.807, 2.05) is 0 Å². The van der Waals surface area contributed by atoms with E-state index in [4.69, 9.17) is 4.74 Å². The van der Waals surface area contributed by atoms with Crippen LogP contribution in [-0.2, 0) is 4.74 Å². The Kier molecular flexibility index (Phi) is 4.66. The van der Waals surface area contributed by atoms with E-state index in [2.05, 4.69) is 6.92 Å². The van der Waals surface area contributed by atoms with E-state index in [0.717, 1.165) is 18.5 Å². The number of carbonyl (C=O) groups is 1. The first-order valence-electron chi connectivity index (χ1n) is 6.98. The zero-order valence-corrected chi connectivity index (χ0v) is 11.3. The van der Waals surface area contributed by atoms with E-state index < -0.39 is 0 Å². The third-order valence-electron chi connectivity index (χ3n) is 3.42. The Morgan fingerprint density at radius 1 is 1.26 bits per heavy atom. The molecule has 1 saturated heterocycles. The summed E-state index contributed by atoms with van der Waals surface area (Å²) in [6, 6.07) is 6.63. The van der Waals surface area contributed by atoms with E-state index in [-0.39, 0.29) is 17.9 Å². The lowest BCUT2D eigenvalue weighted by Gasteiger charge is -2.12. The molecule has 1 aromatic rings. The van der Waals surface area contributed by atoms with Crippen LogP contribution >= 0.6 is 0 Å². The second kappa shape index (κ2) is 6.45. The fourth-order valence-electron chi connectivity index (χ4n) is 2.31. The maximum atomic E-state index is 11.8. The fraction of sp³-hybridized carbons (Fsp3) is 0.533. The minimum Gasteiger partial charge on any atom is -0.508 e. The summed E-state index contributed by atoms with van der Waals surface area (Å²) >= 11 is 0. The van der Waals surface area contributed by atoms with Crippen LogP contribution in [0.4, 0.5) is 10.5 Å². The molecule has 1 aromatic carbocycles. The Morgan fingerprint density at radius 2 is 2.00 bits per heavy atom. The maximum absolute atomic E-state index is 11.8. The van der Waals surface area contributed by atoms with Crippen molar-refractivity contribution in [2.75, 3.05) is 11.4 Å². The van der Waals surface area contributed by atoms with Crippen molar-refractivity contribution in [2.24, 2.45) is 0 Å². The van der Waals surface area contributed by atoms with E-state index in [9.17, 15) is 9.90 Å². The summed E-state index contributed by atoms with van der Waals surface area (Å²) in [6.07, 6.45) is 5.40. The van der Waals surface area contributed by atoms with Gasteiger partial charge in [-0.1, -0.05) is 26.2 Å². The smallest absolute Gasteiger partial charge is 0.414 e. The first-order chi connectivity index (χ1) is 9.20. The summed E-state index contributed by atoms with van der Waals surface area (Å²) in [5.74, 6) is 0.201. The molecule has 0 aromatic heterocycles. The van der Waals surface area contributed by atoms with Crippen LogP contribution in [0.2, 0.25) is 0 Å². The molecule has 4 nitrogen and oxygen atoms in total. The number of carbonyl (C=O) groups excluding carboxylic acids is 1. The zero-order chi connectivity index (χ0) is 13.7. The highest BCUT2D eigenvalue weighted by atomic mass is 16.6. The summed E-state index contributed by atoms with van der Waals surface area (Å²) in [5, 5.41) is 9.25. The highest BCUT2D eigenvalue weighted by molar-refractivity contribution is 5.89. The van der Waals surface area contributed by atoms with Gasteiger partial charge < -0.3 is 9.84 Å². The van der Waals surface area contributed by atoms with Crippen LogP contribution in [0.15, 0.2) is 24.3 Å². The molecule has 0 radical (unpaired) electrons. The first-order valence-corrected chi connectivity index (χ1v) is 6.98. The monoisotopic (exact) mass is 263 g/mol. The van der Waals surface area contributed by atoms with Gasteiger partial charge in [0, 0.05) is 5.69 Å². The van der Waals surface area contributed by atoms with Crippen molar-refractivity contribution in [1.82, 2.24) is 0 Å². The lowest BCUT2D eigenvalue weighted by Crippen LogP contribution is -2.24. The molecular weight excluding hydrogens is 242 g/mol. The molecule has 1 aliphatic heterocycles. The van der Waals surface area contributed by atoms with E-state index in [1.54, 1.807) is 29.2 Å². The second-order valence-corrected chi connectivity index (χ2v) is 4.98. The minimum absolute atomic E-state index is 0.00170. The predicted octanol–water partition coefficient (Wildman–Crippen LogP) is 3.69. The Bertz CT molecular complexity index is 416. The van der Waals surface area contributed by atoms with Gasteiger partial charge in [0.05, 0.1) is 6.54 Å². The molecule has 0 saturated carbocycles. The molecule has 2 rings (SSSR count). The Morgan fingerprint density at radius 3 is 2.68 bits per heavy atom. The number of nitrogens with zero attached hydrogens (tertiary/aromatic N) is 1. The first kappa shape index (κ1) is 13.7. The molecule has 4 heteroatoms. The van der Waals surface area contributed by atoms with Crippen molar-refractivity contribution in [3.63, 3.8) is 0 Å². The number of cyclic esters (lactones) is 1. The molecule has 0 aliphatic carbocycles. The van der Waals surface area contributed by atoms with Crippen molar-refractivity contribution >= 4 is 11.8 Å². The lowest BCUT2D eigenvalue weighted by molar-refractivity contribution is 0.135. The molecule has 1 aliphatic rings. The summed E-state index contributed by atoms with van der Waals surface area (Å²) in [7, 11) is 0. The van der Waals surface area contributed by atoms with Gasteiger partial charge in [-0.15, -0.1) is 0 Å². The number of phenolic OH excluding ortho intramolecular Hbond substituents is 1. The average Bonchev–Trinajstić information content (AvgIpc) is 2.77. The van der Waals surface area contributed by atoms with Crippen LogP contribution in [-0.4, -0.2) is 23.8 Å². The number of amides is 1. The molecule has 1 heterocycles. The van der Waals surface area contributed by atoms with Crippen molar-refractivity contribution < 1.29 is 14.6 Å². The number of phenols is 1. The average molecular weight is 263 g/mol. The van der Waals surface area contributed by atoms with Crippen molar-refractivity contribution in [3.8, 4) is 5.75 Å². The molecule has 0 spiro atoms. The molecule has 1 fully saturated rings.